The number of rotatable bonds is 3. The van der Waals surface area contributed by atoms with E-state index in [9.17, 15) is 4.79 Å². The quantitative estimate of drug-likeness (QED) is 0.928. The van der Waals surface area contributed by atoms with E-state index >= 15 is 0 Å². The van der Waals surface area contributed by atoms with Crippen molar-refractivity contribution in [1.29, 1.82) is 0 Å². The van der Waals surface area contributed by atoms with Gasteiger partial charge in [-0.25, -0.2) is 4.79 Å². The zero-order valence-electron chi connectivity index (χ0n) is 12.7. The summed E-state index contributed by atoms with van der Waals surface area (Å²) >= 11 is 0. The molecule has 2 aliphatic heterocycles. The molecule has 6 nitrogen and oxygen atoms in total. The van der Waals surface area contributed by atoms with Crippen LogP contribution in [0.5, 0.6) is 0 Å². The zero-order valence-corrected chi connectivity index (χ0v) is 12.7. The minimum atomic E-state index is -0.00648. The number of carbonyl (C=O) groups excluding carboxylic acids is 1. The Morgan fingerprint density at radius 3 is 2.90 bits per heavy atom. The molecule has 2 atom stereocenters. The number of hydrogen-bond donors (Lipinski definition) is 1. The van der Waals surface area contributed by atoms with Gasteiger partial charge in [-0.3, -0.25) is 0 Å². The monoisotopic (exact) mass is 293 g/mol. The van der Waals surface area contributed by atoms with Crippen LogP contribution in [0.4, 0.5) is 4.79 Å². The molecule has 0 saturated carbocycles. The third kappa shape index (κ3) is 2.90. The van der Waals surface area contributed by atoms with Crippen molar-refractivity contribution in [3.8, 4) is 0 Å². The van der Waals surface area contributed by atoms with Gasteiger partial charge in [-0.2, -0.15) is 0 Å². The van der Waals surface area contributed by atoms with Crippen LogP contribution in [-0.2, 0) is 4.74 Å². The van der Waals surface area contributed by atoms with E-state index in [4.69, 9.17) is 9.26 Å². The number of nitrogens with zero attached hydrogens (tertiary/aromatic N) is 2. The fourth-order valence-corrected chi connectivity index (χ4v) is 3.38. The number of amides is 2. The molecule has 1 aromatic heterocycles. The van der Waals surface area contributed by atoms with Gasteiger partial charge in [0.05, 0.1) is 17.8 Å². The van der Waals surface area contributed by atoms with Gasteiger partial charge in [-0.15, -0.1) is 0 Å². The van der Waals surface area contributed by atoms with Crippen LogP contribution in [0, 0.1) is 13.8 Å². The maximum absolute atomic E-state index is 12.4. The number of ether oxygens (including phenoxy) is 1. The first-order valence-corrected chi connectivity index (χ1v) is 7.75. The minimum Gasteiger partial charge on any atom is -0.376 e. The Kier molecular flexibility index (Phi) is 4.14. The molecule has 2 saturated heterocycles. The molecule has 0 aliphatic carbocycles. The largest absolute Gasteiger partial charge is 0.376 e. The summed E-state index contributed by atoms with van der Waals surface area (Å²) in [7, 11) is 0. The molecule has 0 unspecified atom stereocenters. The molecule has 116 valence electrons. The third-order valence-electron chi connectivity index (χ3n) is 4.44. The van der Waals surface area contributed by atoms with Crippen molar-refractivity contribution in [2.45, 2.75) is 51.7 Å². The van der Waals surface area contributed by atoms with Crippen molar-refractivity contribution in [1.82, 2.24) is 15.4 Å². The van der Waals surface area contributed by atoms with Gasteiger partial charge < -0.3 is 19.5 Å². The second-order valence-corrected chi connectivity index (χ2v) is 5.91. The Morgan fingerprint density at radius 2 is 2.24 bits per heavy atom. The summed E-state index contributed by atoms with van der Waals surface area (Å²) in [5.74, 6) is 0.816. The third-order valence-corrected chi connectivity index (χ3v) is 4.44. The molecular weight excluding hydrogens is 270 g/mol. The van der Waals surface area contributed by atoms with Gasteiger partial charge in [-0.1, -0.05) is 5.16 Å². The number of hydrogen-bond acceptors (Lipinski definition) is 4. The lowest BCUT2D eigenvalue weighted by molar-refractivity contribution is 0.108. The van der Waals surface area contributed by atoms with Gasteiger partial charge in [0.25, 0.3) is 0 Å². The lowest BCUT2D eigenvalue weighted by Gasteiger charge is -2.25. The van der Waals surface area contributed by atoms with E-state index in [0.29, 0.717) is 6.54 Å². The highest BCUT2D eigenvalue weighted by Crippen LogP contribution is 2.35. The van der Waals surface area contributed by atoms with Crippen molar-refractivity contribution >= 4 is 6.03 Å². The van der Waals surface area contributed by atoms with Crippen molar-refractivity contribution in [3.05, 3.63) is 17.0 Å². The number of nitrogens with one attached hydrogen (secondary N) is 1. The molecule has 0 radical (unpaired) electrons. The Morgan fingerprint density at radius 1 is 1.38 bits per heavy atom. The average molecular weight is 293 g/mol. The first-order valence-electron chi connectivity index (χ1n) is 7.75. The van der Waals surface area contributed by atoms with Crippen LogP contribution in [0.3, 0.4) is 0 Å². The maximum atomic E-state index is 12.4. The lowest BCUT2D eigenvalue weighted by Crippen LogP contribution is -2.42. The molecule has 0 bridgehead atoms. The summed E-state index contributed by atoms with van der Waals surface area (Å²) < 4.78 is 10.8. The zero-order chi connectivity index (χ0) is 14.8. The Labute approximate surface area is 124 Å². The Balaban J connectivity index is 1.64. The first kappa shape index (κ1) is 14.4. The fourth-order valence-electron chi connectivity index (χ4n) is 3.38. The van der Waals surface area contributed by atoms with Crippen LogP contribution < -0.4 is 5.32 Å². The highest BCUT2D eigenvalue weighted by Gasteiger charge is 2.34. The van der Waals surface area contributed by atoms with Crippen LogP contribution >= 0.6 is 0 Å². The molecule has 2 amide bonds. The van der Waals surface area contributed by atoms with Gasteiger partial charge >= 0.3 is 6.03 Å². The van der Waals surface area contributed by atoms with E-state index in [0.717, 1.165) is 55.9 Å². The fraction of sp³-hybridized carbons (Fsp3) is 0.733. The number of aromatic nitrogens is 1. The Bertz CT molecular complexity index is 489. The summed E-state index contributed by atoms with van der Waals surface area (Å²) in [5.41, 5.74) is 1.95. The highest BCUT2D eigenvalue weighted by atomic mass is 16.5. The number of aryl methyl sites for hydroxylation is 2. The SMILES string of the molecule is Cc1noc(C)c1[C@H]1CCCN1C(=O)NC[C@@H]1CCCO1. The highest BCUT2D eigenvalue weighted by molar-refractivity contribution is 5.75. The standard InChI is InChI=1S/C15H23N3O3/c1-10-14(11(2)21-17-10)13-6-3-7-18(13)15(19)16-9-12-5-4-8-20-12/h12-13H,3-9H2,1-2H3,(H,16,19)/t12-,13+/m0/s1. The van der Waals surface area contributed by atoms with Gasteiger partial charge in [0.15, 0.2) is 0 Å². The predicted molar refractivity (Wildman–Crippen MR) is 77.0 cm³/mol. The molecule has 3 heterocycles. The van der Waals surface area contributed by atoms with E-state index in [1.165, 1.54) is 0 Å². The van der Waals surface area contributed by atoms with E-state index in [-0.39, 0.29) is 18.2 Å². The lowest BCUT2D eigenvalue weighted by atomic mass is 10.0. The minimum absolute atomic E-state index is 0.00648. The second kappa shape index (κ2) is 6.05. The smallest absolute Gasteiger partial charge is 0.318 e. The number of likely N-dealkylation sites (tertiary alicyclic amines) is 1. The second-order valence-electron chi connectivity index (χ2n) is 5.91. The van der Waals surface area contributed by atoms with Crippen LogP contribution in [0.2, 0.25) is 0 Å². The molecule has 0 aromatic carbocycles. The number of urea groups is 1. The summed E-state index contributed by atoms with van der Waals surface area (Å²) in [6.07, 6.45) is 4.28. The van der Waals surface area contributed by atoms with Crippen molar-refractivity contribution < 1.29 is 14.1 Å². The van der Waals surface area contributed by atoms with Crippen LogP contribution in [0.15, 0.2) is 4.52 Å². The average Bonchev–Trinajstić information content (AvgIpc) is 3.18. The van der Waals surface area contributed by atoms with E-state index in [1.807, 2.05) is 18.7 Å². The molecule has 3 rings (SSSR count). The van der Waals surface area contributed by atoms with Crippen LogP contribution in [0.1, 0.15) is 48.7 Å². The summed E-state index contributed by atoms with van der Waals surface area (Å²) in [6.45, 7) is 6.05. The molecule has 1 N–H and O–H groups in total. The van der Waals surface area contributed by atoms with E-state index in [2.05, 4.69) is 10.5 Å². The topological polar surface area (TPSA) is 67.6 Å². The van der Waals surface area contributed by atoms with Crippen molar-refractivity contribution in [3.63, 3.8) is 0 Å². The van der Waals surface area contributed by atoms with Gasteiger partial charge in [-0.05, 0) is 39.5 Å². The maximum Gasteiger partial charge on any atom is 0.318 e. The van der Waals surface area contributed by atoms with Crippen LogP contribution in [-0.4, -0.2) is 41.9 Å². The summed E-state index contributed by atoms with van der Waals surface area (Å²) in [4.78, 5) is 14.3. The van der Waals surface area contributed by atoms with Gasteiger partial charge in [0.1, 0.15) is 5.76 Å². The predicted octanol–water partition coefficient (Wildman–Crippen LogP) is 2.32. The molecule has 1 aromatic rings. The molecule has 21 heavy (non-hydrogen) atoms. The molecule has 2 aliphatic rings. The summed E-state index contributed by atoms with van der Waals surface area (Å²) in [6, 6.07) is 0.0775. The number of carbonyl (C=O) groups is 1. The molecule has 6 heteroatoms. The first-order chi connectivity index (χ1) is 10.2. The van der Waals surface area contributed by atoms with E-state index in [1.54, 1.807) is 0 Å². The molecular formula is C15H23N3O3. The van der Waals surface area contributed by atoms with Gasteiger partial charge in [0, 0.05) is 25.3 Å². The van der Waals surface area contributed by atoms with Crippen molar-refractivity contribution in [2.75, 3.05) is 19.7 Å². The summed E-state index contributed by atoms with van der Waals surface area (Å²) in [5, 5.41) is 7.02. The van der Waals surface area contributed by atoms with Crippen LogP contribution in [0.25, 0.3) is 0 Å². The normalized spacial score (nSPS) is 25.5. The molecule has 0 spiro atoms. The molecule has 2 fully saturated rings. The van der Waals surface area contributed by atoms with Gasteiger partial charge in [0.2, 0.25) is 0 Å². The van der Waals surface area contributed by atoms with E-state index < -0.39 is 0 Å². The Hall–Kier alpha value is -1.56. The van der Waals surface area contributed by atoms with Crippen molar-refractivity contribution in [2.24, 2.45) is 0 Å².